The zero-order valence-corrected chi connectivity index (χ0v) is 18.5. The van der Waals surface area contributed by atoms with Crippen LogP contribution in [0, 0.1) is 11.7 Å². The number of nitrogens with one attached hydrogen (secondary N) is 1. The number of hydrogen-bond acceptors (Lipinski definition) is 5. The zero-order chi connectivity index (χ0) is 22.8. The number of hydrogen-bond donors (Lipinski definition) is 1. The summed E-state index contributed by atoms with van der Waals surface area (Å²) in [6, 6.07) is 8.52. The fraction of sp³-hybridized carbons (Fsp3) is 0.333. The van der Waals surface area contributed by atoms with Crippen LogP contribution < -0.4 is 9.62 Å². The number of benzene rings is 2. The number of anilines is 1. The third-order valence-electron chi connectivity index (χ3n) is 5.06. The molecule has 2 aromatic carbocycles. The summed E-state index contributed by atoms with van der Waals surface area (Å²) in [6.07, 6.45) is 2.12. The summed E-state index contributed by atoms with van der Waals surface area (Å²) in [5.74, 6) is -1.40. The Balaban J connectivity index is 1.73. The lowest BCUT2D eigenvalue weighted by Gasteiger charge is -2.20. The smallest absolute Gasteiger partial charge is 0.340 e. The molecule has 1 saturated carbocycles. The molecule has 10 heteroatoms. The first kappa shape index (κ1) is 23.0. The van der Waals surface area contributed by atoms with Gasteiger partial charge in [0.1, 0.15) is 5.82 Å². The molecule has 0 heterocycles. The predicted molar refractivity (Wildman–Crippen MR) is 114 cm³/mol. The largest absolute Gasteiger partial charge is 0.452 e. The number of sulfonamides is 1. The Morgan fingerprint density at radius 1 is 1.23 bits per heavy atom. The Morgan fingerprint density at radius 2 is 1.87 bits per heavy atom. The SMILES string of the molecule is CC(NC(=O)COC(=O)c1cc(S(=O)(=O)N(C)c2ccc(F)cc2)ccc1Cl)C1CC1. The lowest BCUT2D eigenvalue weighted by molar-refractivity contribution is -0.124. The number of amides is 1. The Hall–Kier alpha value is -2.65. The van der Waals surface area contributed by atoms with E-state index >= 15 is 0 Å². The summed E-state index contributed by atoms with van der Waals surface area (Å²) >= 11 is 6.05. The molecule has 0 radical (unpaired) electrons. The van der Waals surface area contributed by atoms with E-state index in [1.807, 2.05) is 6.92 Å². The Labute approximate surface area is 185 Å². The lowest BCUT2D eigenvalue weighted by atomic mass is 10.2. The summed E-state index contributed by atoms with van der Waals surface area (Å²) in [7, 11) is -2.76. The van der Waals surface area contributed by atoms with Gasteiger partial charge >= 0.3 is 5.97 Å². The molecule has 1 unspecified atom stereocenters. The van der Waals surface area contributed by atoms with Gasteiger partial charge in [0.2, 0.25) is 0 Å². The van der Waals surface area contributed by atoms with Gasteiger partial charge in [-0.05, 0) is 68.1 Å². The monoisotopic (exact) mass is 468 g/mol. The normalized spacial score (nSPS) is 14.6. The van der Waals surface area contributed by atoms with Crippen LogP contribution in [-0.4, -0.2) is 40.0 Å². The first-order chi connectivity index (χ1) is 14.6. The van der Waals surface area contributed by atoms with E-state index in [1.54, 1.807) is 0 Å². The number of carbonyl (C=O) groups is 2. The van der Waals surface area contributed by atoms with Gasteiger partial charge in [-0.3, -0.25) is 9.10 Å². The molecule has 0 aliphatic heterocycles. The number of halogens is 2. The van der Waals surface area contributed by atoms with Gasteiger partial charge in [0.15, 0.2) is 6.61 Å². The van der Waals surface area contributed by atoms with E-state index in [-0.39, 0.29) is 27.2 Å². The quantitative estimate of drug-likeness (QED) is 0.599. The van der Waals surface area contributed by atoms with E-state index in [1.165, 1.54) is 31.3 Å². The highest BCUT2D eigenvalue weighted by Crippen LogP contribution is 2.32. The van der Waals surface area contributed by atoms with Crippen molar-refractivity contribution >= 4 is 39.2 Å². The maximum atomic E-state index is 13.1. The number of carbonyl (C=O) groups excluding carboxylic acids is 2. The van der Waals surface area contributed by atoms with Crippen molar-refractivity contribution in [1.29, 1.82) is 0 Å². The molecule has 0 spiro atoms. The Kier molecular flexibility index (Phi) is 6.86. The Bertz CT molecular complexity index is 1090. The molecule has 0 aromatic heterocycles. The highest BCUT2D eigenvalue weighted by atomic mass is 35.5. The van der Waals surface area contributed by atoms with Crippen LogP contribution in [0.3, 0.4) is 0 Å². The minimum Gasteiger partial charge on any atom is -0.452 e. The van der Waals surface area contributed by atoms with Gasteiger partial charge in [-0.25, -0.2) is 17.6 Å². The van der Waals surface area contributed by atoms with E-state index in [4.69, 9.17) is 16.3 Å². The number of rotatable bonds is 8. The molecule has 1 N–H and O–H groups in total. The molecule has 1 amide bonds. The highest BCUT2D eigenvalue weighted by Gasteiger charge is 2.29. The van der Waals surface area contributed by atoms with Crippen LogP contribution in [0.15, 0.2) is 47.4 Å². The van der Waals surface area contributed by atoms with Gasteiger partial charge in [0, 0.05) is 13.1 Å². The van der Waals surface area contributed by atoms with Crippen LogP contribution >= 0.6 is 11.6 Å². The Morgan fingerprint density at radius 3 is 2.48 bits per heavy atom. The van der Waals surface area contributed by atoms with Crippen LogP contribution in [0.25, 0.3) is 0 Å². The second-order valence-corrected chi connectivity index (χ2v) is 9.74. The molecule has 3 rings (SSSR count). The van der Waals surface area contributed by atoms with Crippen molar-refractivity contribution in [3.63, 3.8) is 0 Å². The molecular formula is C21H22ClFN2O5S. The minimum atomic E-state index is -4.06. The van der Waals surface area contributed by atoms with Gasteiger partial charge < -0.3 is 10.1 Å². The highest BCUT2D eigenvalue weighted by molar-refractivity contribution is 7.92. The third-order valence-corrected chi connectivity index (χ3v) is 7.17. The fourth-order valence-corrected chi connectivity index (χ4v) is 4.40. The summed E-state index contributed by atoms with van der Waals surface area (Å²) in [5, 5.41) is 2.74. The van der Waals surface area contributed by atoms with Gasteiger partial charge in [-0.15, -0.1) is 0 Å². The molecule has 1 atom stereocenters. The van der Waals surface area contributed by atoms with Crippen LogP contribution in [-0.2, 0) is 19.6 Å². The van der Waals surface area contributed by atoms with Gasteiger partial charge in [0.05, 0.1) is 21.2 Å². The molecule has 166 valence electrons. The molecule has 2 aromatic rings. The van der Waals surface area contributed by atoms with E-state index < -0.39 is 34.3 Å². The van der Waals surface area contributed by atoms with E-state index in [0.717, 1.165) is 35.3 Å². The number of nitrogens with zero attached hydrogens (tertiary/aromatic N) is 1. The maximum Gasteiger partial charge on any atom is 0.340 e. The van der Waals surface area contributed by atoms with Gasteiger partial charge in [-0.1, -0.05) is 11.6 Å². The first-order valence-electron chi connectivity index (χ1n) is 9.60. The van der Waals surface area contributed by atoms with Crippen molar-refractivity contribution in [2.45, 2.75) is 30.7 Å². The number of ether oxygens (including phenoxy) is 1. The van der Waals surface area contributed by atoms with E-state index in [2.05, 4.69) is 5.32 Å². The topological polar surface area (TPSA) is 92.8 Å². The van der Waals surface area contributed by atoms with Crippen LogP contribution in [0.5, 0.6) is 0 Å². The summed E-state index contributed by atoms with van der Waals surface area (Å²) in [6.45, 7) is 1.39. The second-order valence-electron chi connectivity index (χ2n) is 7.36. The molecule has 0 saturated heterocycles. The van der Waals surface area contributed by atoms with E-state index in [0.29, 0.717) is 5.92 Å². The van der Waals surface area contributed by atoms with Crippen molar-refractivity contribution in [3.05, 3.63) is 58.9 Å². The number of esters is 1. The van der Waals surface area contributed by atoms with Gasteiger partial charge in [-0.2, -0.15) is 0 Å². The summed E-state index contributed by atoms with van der Waals surface area (Å²) in [5.41, 5.74) is 0.0558. The van der Waals surface area contributed by atoms with Gasteiger partial charge in [0.25, 0.3) is 15.9 Å². The van der Waals surface area contributed by atoms with Crippen molar-refractivity contribution in [2.24, 2.45) is 5.92 Å². The average molecular weight is 469 g/mol. The first-order valence-corrected chi connectivity index (χ1v) is 11.4. The minimum absolute atomic E-state index is 0.00487. The molecule has 31 heavy (non-hydrogen) atoms. The van der Waals surface area contributed by atoms with Crippen molar-refractivity contribution < 1.29 is 27.1 Å². The molecule has 0 bridgehead atoms. The zero-order valence-electron chi connectivity index (χ0n) is 17.0. The molecule has 1 aliphatic carbocycles. The van der Waals surface area contributed by atoms with E-state index in [9.17, 15) is 22.4 Å². The summed E-state index contributed by atoms with van der Waals surface area (Å²) < 4.78 is 45.0. The summed E-state index contributed by atoms with van der Waals surface area (Å²) in [4.78, 5) is 24.2. The van der Waals surface area contributed by atoms with Crippen LogP contribution in [0.4, 0.5) is 10.1 Å². The van der Waals surface area contributed by atoms with Crippen molar-refractivity contribution in [2.75, 3.05) is 18.0 Å². The second kappa shape index (κ2) is 9.23. The molecule has 7 nitrogen and oxygen atoms in total. The third kappa shape index (κ3) is 5.54. The lowest BCUT2D eigenvalue weighted by Crippen LogP contribution is -2.37. The van der Waals surface area contributed by atoms with Crippen molar-refractivity contribution in [3.8, 4) is 0 Å². The van der Waals surface area contributed by atoms with Crippen LogP contribution in [0.1, 0.15) is 30.1 Å². The standard InChI is InChI=1S/C21H22ClFN2O5S/c1-13(14-3-4-14)24-20(26)12-30-21(27)18-11-17(9-10-19(18)22)31(28,29)25(2)16-7-5-15(23)6-8-16/h5-11,13-14H,3-4,12H2,1-2H3,(H,24,26). The van der Waals surface area contributed by atoms with Crippen molar-refractivity contribution in [1.82, 2.24) is 5.32 Å². The molecular weight excluding hydrogens is 447 g/mol. The molecule has 1 fully saturated rings. The maximum absolute atomic E-state index is 13.1. The van der Waals surface area contributed by atoms with Crippen LogP contribution in [0.2, 0.25) is 5.02 Å². The fourth-order valence-electron chi connectivity index (χ4n) is 2.99. The molecule has 1 aliphatic rings. The predicted octanol–water partition coefficient (Wildman–Crippen LogP) is 3.38. The average Bonchev–Trinajstić information content (AvgIpc) is 3.57.